The fourth-order valence-electron chi connectivity index (χ4n) is 3.17. The van der Waals surface area contributed by atoms with Gasteiger partial charge in [0.1, 0.15) is 6.10 Å². The third kappa shape index (κ3) is 3.37. The molecule has 1 saturated heterocycles. The van der Waals surface area contributed by atoms with Gasteiger partial charge in [0, 0.05) is 37.6 Å². The van der Waals surface area contributed by atoms with E-state index in [4.69, 9.17) is 4.74 Å². The number of carbonyl (C=O) groups is 1. The molecule has 1 aliphatic rings. The van der Waals surface area contributed by atoms with Gasteiger partial charge in [-0.1, -0.05) is 12.1 Å². The van der Waals surface area contributed by atoms with Gasteiger partial charge in [0.25, 0.3) is 0 Å². The number of rotatable bonds is 5. The number of nitrogens with one attached hydrogen (secondary N) is 1. The zero-order valence-corrected chi connectivity index (χ0v) is 14.1. The Hall–Kier alpha value is -2.97. The molecular formula is C18H19N5O3. The molecule has 0 amide bonds. The van der Waals surface area contributed by atoms with Gasteiger partial charge in [-0.2, -0.15) is 10.2 Å². The first kappa shape index (κ1) is 16.5. The Balaban J connectivity index is 1.48. The summed E-state index contributed by atoms with van der Waals surface area (Å²) in [7, 11) is 0. The third-order valence-electron chi connectivity index (χ3n) is 4.44. The number of morpholine rings is 1. The summed E-state index contributed by atoms with van der Waals surface area (Å²) in [4.78, 5) is 13.7. The Morgan fingerprint density at radius 1 is 1.35 bits per heavy atom. The molecule has 0 saturated carbocycles. The van der Waals surface area contributed by atoms with Crippen molar-refractivity contribution in [2.75, 3.05) is 19.7 Å². The fourth-order valence-corrected chi connectivity index (χ4v) is 3.17. The summed E-state index contributed by atoms with van der Waals surface area (Å²) < 4.78 is 7.42. The lowest BCUT2D eigenvalue weighted by Crippen LogP contribution is -2.37. The second kappa shape index (κ2) is 7.11. The number of para-hydroxylation sites is 1. The third-order valence-corrected chi connectivity index (χ3v) is 4.44. The van der Waals surface area contributed by atoms with Gasteiger partial charge in [-0.3, -0.25) is 10.00 Å². The average molecular weight is 353 g/mol. The average Bonchev–Trinajstić information content (AvgIpc) is 3.34. The summed E-state index contributed by atoms with van der Waals surface area (Å²) in [6.07, 6.45) is 5.36. The second-order valence-corrected chi connectivity index (χ2v) is 6.22. The number of carboxylic acids is 1. The summed E-state index contributed by atoms with van der Waals surface area (Å²) in [5.41, 5.74) is 2.78. The predicted octanol–water partition coefficient (Wildman–Crippen LogP) is 1.87. The maximum absolute atomic E-state index is 11.4. The van der Waals surface area contributed by atoms with Crippen LogP contribution in [0.15, 0.2) is 48.9 Å². The van der Waals surface area contributed by atoms with Crippen molar-refractivity contribution >= 4 is 5.97 Å². The van der Waals surface area contributed by atoms with Crippen LogP contribution in [0.2, 0.25) is 0 Å². The van der Waals surface area contributed by atoms with E-state index in [1.54, 1.807) is 41.3 Å². The molecule has 2 aromatic heterocycles. The summed E-state index contributed by atoms with van der Waals surface area (Å²) in [6, 6.07) is 8.77. The Bertz CT molecular complexity index is 890. The molecule has 0 radical (unpaired) electrons. The molecule has 134 valence electrons. The predicted molar refractivity (Wildman–Crippen MR) is 93.1 cm³/mol. The highest BCUT2D eigenvalue weighted by Gasteiger charge is 2.23. The molecule has 0 aliphatic carbocycles. The monoisotopic (exact) mass is 353 g/mol. The van der Waals surface area contributed by atoms with Gasteiger partial charge in [-0.05, 0) is 18.2 Å². The number of benzene rings is 1. The van der Waals surface area contributed by atoms with Crippen LogP contribution >= 0.6 is 0 Å². The van der Waals surface area contributed by atoms with E-state index < -0.39 is 5.97 Å². The Morgan fingerprint density at radius 3 is 3.04 bits per heavy atom. The van der Waals surface area contributed by atoms with E-state index in [2.05, 4.69) is 20.2 Å². The summed E-state index contributed by atoms with van der Waals surface area (Å²) >= 11 is 0. The molecule has 4 rings (SSSR count). The maximum atomic E-state index is 11.4. The van der Waals surface area contributed by atoms with E-state index >= 15 is 0 Å². The molecule has 1 aromatic carbocycles. The minimum absolute atomic E-state index is 0.0194. The van der Waals surface area contributed by atoms with Gasteiger partial charge in [-0.25, -0.2) is 9.48 Å². The topological polar surface area (TPSA) is 96.3 Å². The molecule has 1 atom stereocenters. The normalized spacial score (nSPS) is 18.1. The van der Waals surface area contributed by atoms with Crippen LogP contribution in [-0.4, -0.2) is 55.6 Å². The molecule has 26 heavy (non-hydrogen) atoms. The van der Waals surface area contributed by atoms with Gasteiger partial charge in [-0.15, -0.1) is 0 Å². The lowest BCUT2D eigenvalue weighted by molar-refractivity contribution is -0.0350. The molecule has 0 bridgehead atoms. The molecule has 0 spiro atoms. The molecule has 8 heteroatoms. The highest BCUT2D eigenvalue weighted by atomic mass is 16.5. The van der Waals surface area contributed by atoms with Gasteiger partial charge >= 0.3 is 5.97 Å². The van der Waals surface area contributed by atoms with Gasteiger partial charge in [0.2, 0.25) is 0 Å². The van der Waals surface area contributed by atoms with Crippen molar-refractivity contribution < 1.29 is 14.6 Å². The van der Waals surface area contributed by atoms with Crippen molar-refractivity contribution in [1.29, 1.82) is 0 Å². The first-order valence-electron chi connectivity index (χ1n) is 8.40. The van der Waals surface area contributed by atoms with Crippen molar-refractivity contribution in [1.82, 2.24) is 24.9 Å². The van der Waals surface area contributed by atoms with E-state index in [1.165, 1.54) is 0 Å². The lowest BCUT2D eigenvalue weighted by Gasteiger charge is -2.32. The summed E-state index contributed by atoms with van der Waals surface area (Å²) in [5.74, 6) is -0.965. The van der Waals surface area contributed by atoms with Gasteiger partial charge in [0.05, 0.1) is 29.7 Å². The van der Waals surface area contributed by atoms with Crippen LogP contribution in [0.5, 0.6) is 0 Å². The second-order valence-electron chi connectivity index (χ2n) is 6.22. The summed E-state index contributed by atoms with van der Waals surface area (Å²) in [6.45, 7) is 2.98. The Kier molecular flexibility index (Phi) is 4.51. The van der Waals surface area contributed by atoms with E-state index in [0.717, 1.165) is 30.9 Å². The van der Waals surface area contributed by atoms with Crippen molar-refractivity contribution in [3.63, 3.8) is 0 Å². The number of hydrogen-bond donors (Lipinski definition) is 2. The minimum atomic E-state index is -0.965. The number of ether oxygens (including phenoxy) is 1. The van der Waals surface area contributed by atoms with Crippen LogP contribution in [0, 0.1) is 0 Å². The number of aromatic carboxylic acids is 1. The Morgan fingerprint density at radius 2 is 2.23 bits per heavy atom. The van der Waals surface area contributed by atoms with E-state index in [1.807, 2.05) is 12.3 Å². The SMILES string of the molecule is O=C(O)c1ccccc1-n1cc(CN2CCOC(c3ccn[nH]3)C2)cn1. The largest absolute Gasteiger partial charge is 0.478 e. The number of aromatic nitrogens is 4. The molecule has 1 unspecified atom stereocenters. The molecule has 3 aromatic rings. The van der Waals surface area contributed by atoms with Gasteiger partial charge < -0.3 is 9.84 Å². The van der Waals surface area contributed by atoms with Crippen LogP contribution in [0.1, 0.15) is 27.7 Å². The molecule has 8 nitrogen and oxygen atoms in total. The van der Waals surface area contributed by atoms with E-state index in [9.17, 15) is 9.90 Å². The smallest absolute Gasteiger partial charge is 0.337 e. The number of hydrogen-bond acceptors (Lipinski definition) is 5. The van der Waals surface area contributed by atoms with E-state index in [-0.39, 0.29) is 11.7 Å². The standard InChI is InChI=1S/C18H19N5O3/c24-18(25)14-3-1-2-4-16(14)23-11-13(9-20-23)10-22-7-8-26-17(12-22)15-5-6-19-21-15/h1-6,9,11,17H,7-8,10,12H2,(H,19,21)(H,24,25). The van der Waals surface area contributed by atoms with E-state index in [0.29, 0.717) is 12.3 Å². The highest BCUT2D eigenvalue weighted by Crippen LogP contribution is 2.22. The van der Waals surface area contributed by atoms with Crippen molar-refractivity contribution in [3.8, 4) is 5.69 Å². The summed E-state index contributed by atoms with van der Waals surface area (Å²) in [5, 5.41) is 20.6. The minimum Gasteiger partial charge on any atom is -0.478 e. The zero-order chi connectivity index (χ0) is 17.9. The van der Waals surface area contributed by atoms with Crippen LogP contribution in [0.3, 0.4) is 0 Å². The zero-order valence-electron chi connectivity index (χ0n) is 14.1. The molecule has 2 N–H and O–H groups in total. The first-order valence-corrected chi connectivity index (χ1v) is 8.40. The van der Waals surface area contributed by atoms with Crippen molar-refractivity contribution in [2.24, 2.45) is 0 Å². The maximum Gasteiger partial charge on any atom is 0.337 e. The van der Waals surface area contributed by atoms with Crippen LogP contribution < -0.4 is 0 Å². The van der Waals surface area contributed by atoms with Crippen LogP contribution in [0.4, 0.5) is 0 Å². The lowest BCUT2D eigenvalue weighted by atomic mass is 10.2. The quantitative estimate of drug-likeness (QED) is 0.727. The highest BCUT2D eigenvalue weighted by molar-refractivity contribution is 5.91. The number of carboxylic acid groups (broad SMARTS) is 1. The molecule has 1 fully saturated rings. The Labute approximate surface area is 150 Å². The fraction of sp³-hybridized carbons (Fsp3) is 0.278. The number of H-pyrrole nitrogens is 1. The molecular weight excluding hydrogens is 334 g/mol. The number of nitrogens with zero attached hydrogens (tertiary/aromatic N) is 4. The van der Waals surface area contributed by atoms with Crippen LogP contribution in [0.25, 0.3) is 5.69 Å². The van der Waals surface area contributed by atoms with Crippen LogP contribution in [-0.2, 0) is 11.3 Å². The molecule has 3 heterocycles. The van der Waals surface area contributed by atoms with Gasteiger partial charge in [0.15, 0.2) is 0 Å². The molecule has 1 aliphatic heterocycles. The van der Waals surface area contributed by atoms with Crippen molar-refractivity contribution in [2.45, 2.75) is 12.6 Å². The number of aromatic amines is 1. The van der Waals surface area contributed by atoms with Crippen molar-refractivity contribution in [3.05, 3.63) is 65.7 Å². The first-order chi connectivity index (χ1) is 12.7.